The minimum absolute atomic E-state index is 0.165. The Morgan fingerprint density at radius 2 is 1.86 bits per heavy atom. The predicted octanol–water partition coefficient (Wildman–Crippen LogP) is 3.66. The molecule has 1 saturated heterocycles. The van der Waals surface area contributed by atoms with Gasteiger partial charge in [0.05, 0.1) is 24.3 Å². The van der Waals surface area contributed by atoms with Crippen molar-refractivity contribution in [2.75, 3.05) is 18.5 Å². The molecule has 1 amide bonds. The van der Waals surface area contributed by atoms with E-state index in [-0.39, 0.29) is 28.9 Å². The minimum Gasteiger partial charge on any atom is -0.377 e. The van der Waals surface area contributed by atoms with Crippen molar-refractivity contribution in [3.05, 3.63) is 57.1 Å². The third kappa shape index (κ3) is 4.35. The monoisotopic (exact) mass is 488 g/mol. The largest absolute Gasteiger partial charge is 0.377 e. The van der Waals surface area contributed by atoms with Crippen molar-refractivity contribution in [1.82, 2.24) is 4.72 Å². The summed E-state index contributed by atoms with van der Waals surface area (Å²) in [5.41, 5.74) is -0.462. The number of ether oxygens (including phenoxy) is 1. The first kappa shape index (κ1) is 21.8. The summed E-state index contributed by atoms with van der Waals surface area (Å²) in [4.78, 5) is 12.1. The summed E-state index contributed by atoms with van der Waals surface area (Å²) >= 11 is 3.20. The molecular weight excluding hydrogens is 470 g/mol. The first-order valence-electron chi connectivity index (χ1n) is 8.61. The standard InChI is InChI=1S/C19H19BrF2N2O4S/c1-10-6-12(4-5-14(10)21)23-18(25)16-11(2)13(20)7-15(17(16)22)29(26,27)24-19(3)8-28-9-19/h4-7,24H,8-9H2,1-3H3,(H,23,25). The van der Waals surface area contributed by atoms with Gasteiger partial charge in [-0.15, -0.1) is 0 Å². The van der Waals surface area contributed by atoms with E-state index in [4.69, 9.17) is 4.74 Å². The average molecular weight is 489 g/mol. The number of aryl methyl sites for hydroxylation is 1. The molecule has 156 valence electrons. The zero-order chi connectivity index (χ0) is 21.6. The van der Waals surface area contributed by atoms with Gasteiger partial charge in [0, 0.05) is 10.2 Å². The molecule has 0 unspecified atom stereocenters. The maximum atomic E-state index is 15.2. The second kappa shape index (κ2) is 7.75. The highest BCUT2D eigenvalue weighted by molar-refractivity contribution is 9.10. The van der Waals surface area contributed by atoms with Crippen LogP contribution in [-0.2, 0) is 14.8 Å². The third-order valence-electron chi connectivity index (χ3n) is 4.58. The lowest BCUT2D eigenvalue weighted by Gasteiger charge is -2.38. The second-order valence-corrected chi connectivity index (χ2v) is 9.75. The fraction of sp³-hybridized carbons (Fsp3) is 0.316. The Balaban J connectivity index is 2.00. The van der Waals surface area contributed by atoms with Crippen LogP contribution in [0.2, 0.25) is 0 Å². The molecule has 0 bridgehead atoms. The van der Waals surface area contributed by atoms with E-state index < -0.39 is 43.6 Å². The van der Waals surface area contributed by atoms with Crippen molar-refractivity contribution < 1.29 is 26.7 Å². The summed E-state index contributed by atoms with van der Waals surface area (Å²) in [7, 11) is -4.25. The molecule has 1 aliphatic heterocycles. The van der Waals surface area contributed by atoms with Crippen LogP contribution in [0.15, 0.2) is 33.6 Å². The van der Waals surface area contributed by atoms with Crippen LogP contribution in [0.4, 0.5) is 14.5 Å². The zero-order valence-corrected chi connectivity index (χ0v) is 18.3. The van der Waals surface area contributed by atoms with Crippen LogP contribution in [0.25, 0.3) is 0 Å². The number of carbonyl (C=O) groups is 1. The number of carbonyl (C=O) groups excluding carboxylic acids is 1. The minimum atomic E-state index is -4.25. The third-order valence-corrected chi connectivity index (χ3v) is 7.04. The van der Waals surface area contributed by atoms with E-state index in [0.29, 0.717) is 5.56 Å². The van der Waals surface area contributed by atoms with Crippen molar-refractivity contribution in [2.45, 2.75) is 31.2 Å². The molecule has 0 atom stereocenters. The van der Waals surface area contributed by atoms with Gasteiger partial charge in [0.2, 0.25) is 10.0 Å². The SMILES string of the molecule is Cc1cc(NC(=O)c2c(C)c(Br)cc(S(=O)(=O)NC3(C)COC3)c2F)ccc1F. The van der Waals surface area contributed by atoms with Crippen molar-refractivity contribution in [3.63, 3.8) is 0 Å². The van der Waals surface area contributed by atoms with Crippen LogP contribution >= 0.6 is 15.9 Å². The molecule has 0 spiro atoms. The summed E-state index contributed by atoms with van der Waals surface area (Å²) in [5.74, 6) is -2.46. The van der Waals surface area contributed by atoms with E-state index in [2.05, 4.69) is 26.0 Å². The van der Waals surface area contributed by atoms with Crippen molar-refractivity contribution in [1.29, 1.82) is 0 Å². The summed E-state index contributed by atoms with van der Waals surface area (Å²) in [6.45, 7) is 4.98. The quantitative estimate of drug-likeness (QED) is 0.672. The molecule has 29 heavy (non-hydrogen) atoms. The van der Waals surface area contributed by atoms with Crippen LogP contribution in [-0.4, -0.2) is 33.1 Å². The fourth-order valence-corrected chi connectivity index (χ4v) is 4.99. The van der Waals surface area contributed by atoms with Crippen LogP contribution in [0, 0.1) is 25.5 Å². The molecule has 1 heterocycles. The molecule has 1 fully saturated rings. The Hall–Kier alpha value is -1.88. The van der Waals surface area contributed by atoms with Crippen LogP contribution < -0.4 is 10.0 Å². The molecule has 1 aliphatic rings. The van der Waals surface area contributed by atoms with Crippen molar-refractivity contribution in [3.8, 4) is 0 Å². The van der Waals surface area contributed by atoms with Crippen LogP contribution in [0.3, 0.4) is 0 Å². The highest BCUT2D eigenvalue weighted by Gasteiger charge is 2.39. The van der Waals surface area contributed by atoms with Crippen molar-refractivity contribution in [2.24, 2.45) is 0 Å². The van der Waals surface area contributed by atoms with E-state index in [0.717, 1.165) is 6.07 Å². The molecular formula is C19H19BrF2N2O4S. The number of hydrogen-bond acceptors (Lipinski definition) is 4. The molecule has 2 aromatic carbocycles. The molecule has 2 N–H and O–H groups in total. The molecule has 0 saturated carbocycles. The zero-order valence-electron chi connectivity index (χ0n) is 15.9. The molecule has 0 radical (unpaired) electrons. The molecule has 6 nitrogen and oxygen atoms in total. The molecule has 0 aromatic heterocycles. The Morgan fingerprint density at radius 3 is 2.41 bits per heavy atom. The van der Waals surface area contributed by atoms with E-state index in [9.17, 15) is 17.6 Å². The van der Waals surface area contributed by atoms with Gasteiger partial charge in [-0.2, -0.15) is 0 Å². The summed E-state index contributed by atoms with van der Waals surface area (Å²) in [6.07, 6.45) is 0. The fourth-order valence-electron chi connectivity index (χ4n) is 2.92. The van der Waals surface area contributed by atoms with E-state index in [1.54, 1.807) is 6.92 Å². The average Bonchev–Trinajstić information content (AvgIpc) is 2.59. The summed E-state index contributed by atoms with van der Waals surface area (Å²) in [5, 5.41) is 2.48. The Bertz CT molecular complexity index is 1100. The first-order chi connectivity index (χ1) is 13.4. The number of rotatable bonds is 5. The molecule has 3 rings (SSSR count). The van der Waals surface area contributed by atoms with Crippen molar-refractivity contribution >= 4 is 37.5 Å². The van der Waals surface area contributed by atoms with Gasteiger partial charge in [-0.25, -0.2) is 21.9 Å². The van der Waals surface area contributed by atoms with Gasteiger partial charge in [0.1, 0.15) is 10.7 Å². The summed E-state index contributed by atoms with van der Waals surface area (Å²) in [6, 6.07) is 5.03. The Labute approximate surface area is 175 Å². The number of halogens is 3. The van der Waals surface area contributed by atoms with Gasteiger partial charge in [0.15, 0.2) is 5.82 Å². The lowest BCUT2D eigenvalue weighted by Crippen LogP contribution is -2.59. The lowest BCUT2D eigenvalue weighted by molar-refractivity contribution is -0.0523. The van der Waals surface area contributed by atoms with E-state index >= 15 is 4.39 Å². The number of benzene rings is 2. The Morgan fingerprint density at radius 1 is 1.21 bits per heavy atom. The van der Waals surface area contributed by atoms with E-state index in [1.165, 1.54) is 32.0 Å². The number of sulfonamides is 1. The normalized spacial score (nSPS) is 15.7. The van der Waals surface area contributed by atoms with E-state index in [1.807, 2.05) is 0 Å². The number of anilines is 1. The molecule has 0 aliphatic carbocycles. The van der Waals surface area contributed by atoms with Crippen LogP contribution in [0.5, 0.6) is 0 Å². The second-order valence-electron chi connectivity index (χ2n) is 7.25. The van der Waals surface area contributed by atoms with Gasteiger partial charge < -0.3 is 10.1 Å². The predicted molar refractivity (Wildman–Crippen MR) is 107 cm³/mol. The first-order valence-corrected chi connectivity index (χ1v) is 10.9. The van der Waals surface area contributed by atoms with Crippen LogP contribution in [0.1, 0.15) is 28.4 Å². The van der Waals surface area contributed by atoms with Gasteiger partial charge in [-0.1, -0.05) is 15.9 Å². The highest BCUT2D eigenvalue weighted by atomic mass is 79.9. The topological polar surface area (TPSA) is 84.5 Å². The van der Waals surface area contributed by atoms with Gasteiger partial charge in [0.25, 0.3) is 5.91 Å². The van der Waals surface area contributed by atoms with Gasteiger partial charge >= 0.3 is 0 Å². The maximum absolute atomic E-state index is 15.2. The number of amides is 1. The Kier molecular flexibility index (Phi) is 5.83. The number of hydrogen-bond donors (Lipinski definition) is 2. The smallest absolute Gasteiger partial charge is 0.258 e. The molecule has 10 heteroatoms. The maximum Gasteiger partial charge on any atom is 0.258 e. The highest BCUT2D eigenvalue weighted by Crippen LogP contribution is 2.31. The van der Waals surface area contributed by atoms with Gasteiger partial charge in [-0.3, -0.25) is 4.79 Å². The van der Waals surface area contributed by atoms with Gasteiger partial charge in [-0.05, 0) is 56.2 Å². The lowest BCUT2D eigenvalue weighted by atomic mass is 10.0. The number of nitrogens with one attached hydrogen (secondary N) is 2. The summed E-state index contributed by atoms with van der Waals surface area (Å²) < 4.78 is 61.8. The molecule has 2 aromatic rings.